The quantitative estimate of drug-likeness (QED) is 0.454. The number of aromatic nitrogens is 4. The Morgan fingerprint density at radius 2 is 1.88 bits per heavy atom. The Labute approximate surface area is 190 Å². The predicted octanol–water partition coefficient (Wildman–Crippen LogP) is 4.16. The molecule has 0 spiro atoms. The van der Waals surface area contributed by atoms with Crippen molar-refractivity contribution in [1.29, 1.82) is 0 Å². The van der Waals surface area contributed by atoms with Gasteiger partial charge in [0.1, 0.15) is 11.6 Å². The van der Waals surface area contributed by atoms with Crippen LogP contribution in [0.4, 0.5) is 11.8 Å². The van der Waals surface area contributed by atoms with Gasteiger partial charge in [-0.1, -0.05) is 42.8 Å². The fraction of sp³-hybridized carbons (Fsp3) is 0.217. The molecular formula is C23H23ClN6O2. The molecule has 0 radical (unpaired) electrons. The number of nitrogen functional groups attached to an aromatic ring is 1. The van der Waals surface area contributed by atoms with Gasteiger partial charge in [-0.25, -0.2) is 4.98 Å². The molecule has 0 saturated heterocycles. The standard InChI is InChI=1S/C23H23ClN6O2/c1-4-23(2,29-17-13-18(32-3)28-22(25)27-17)21-26-16-12-8-11-15(24)19(16)20(31)30(21)14-9-6-5-7-10-14/h5-13H,4H2,1-3H3,(H3,25,27,28,29). The maximum absolute atomic E-state index is 13.7. The van der Waals surface area contributed by atoms with E-state index < -0.39 is 5.54 Å². The van der Waals surface area contributed by atoms with Gasteiger partial charge in [0.25, 0.3) is 5.56 Å². The molecule has 32 heavy (non-hydrogen) atoms. The number of nitrogens with zero attached hydrogens (tertiary/aromatic N) is 4. The summed E-state index contributed by atoms with van der Waals surface area (Å²) in [5, 5.41) is 4.11. The zero-order valence-corrected chi connectivity index (χ0v) is 18.7. The third-order valence-corrected chi connectivity index (χ3v) is 5.71. The van der Waals surface area contributed by atoms with E-state index in [1.54, 1.807) is 28.8 Å². The van der Waals surface area contributed by atoms with E-state index in [9.17, 15) is 4.79 Å². The molecule has 2 aromatic heterocycles. The van der Waals surface area contributed by atoms with Crippen LogP contribution < -0.4 is 21.3 Å². The lowest BCUT2D eigenvalue weighted by Gasteiger charge is -2.32. The molecule has 0 amide bonds. The van der Waals surface area contributed by atoms with Crippen LogP contribution in [0.1, 0.15) is 26.1 Å². The third-order valence-electron chi connectivity index (χ3n) is 5.39. The average molecular weight is 451 g/mol. The highest BCUT2D eigenvalue weighted by atomic mass is 35.5. The summed E-state index contributed by atoms with van der Waals surface area (Å²) in [5.41, 5.74) is 6.00. The van der Waals surface area contributed by atoms with Crippen LogP contribution in [0.5, 0.6) is 5.88 Å². The van der Waals surface area contributed by atoms with Crippen LogP contribution in [0.2, 0.25) is 5.02 Å². The summed E-state index contributed by atoms with van der Waals surface area (Å²) in [6.07, 6.45) is 0.588. The Balaban J connectivity index is 1.99. The molecule has 0 aliphatic rings. The smallest absolute Gasteiger partial charge is 0.267 e. The largest absolute Gasteiger partial charge is 0.481 e. The van der Waals surface area contributed by atoms with Crippen molar-refractivity contribution < 1.29 is 4.74 Å². The summed E-state index contributed by atoms with van der Waals surface area (Å²) < 4.78 is 6.81. The Morgan fingerprint density at radius 1 is 1.12 bits per heavy atom. The van der Waals surface area contributed by atoms with E-state index in [1.807, 2.05) is 44.2 Å². The number of rotatable bonds is 6. The van der Waals surface area contributed by atoms with Crippen LogP contribution in [0.3, 0.4) is 0 Å². The summed E-state index contributed by atoms with van der Waals surface area (Å²) >= 11 is 6.39. The number of hydrogen-bond donors (Lipinski definition) is 2. The number of hydrogen-bond acceptors (Lipinski definition) is 7. The summed E-state index contributed by atoms with van der Waals surface area (Å²) in [6, 6.07) is 16.2. The first-order valence-corrected chi connectivity index (χ1v) is 10.5. The first kappa shape index (κ1) is 21.6. The lowest BCUT2D eigenvalue weighted by molar-refractivity contribution is 0.397. The molecule has 0 saturated carbocycles. The van der Waals surface area contributed by atoms with Crippen LogP contribution in [-0.4, -0.2) is 26.6 Å². The first-order chi connectivity index (χ1) is 15.4. The topological polar surface area (TPSA) is 108 Å². The van der Waals surface area contributed by atoms with Crippen LogP contribution in [0.25, 0.3) is 16.6 Å². The monoisotopic (exact) mass is 450 g/mol. The number of para-hydroxylation sites is 1. The molecule has 8 nitrogen and oxygen atoms in total. The van der Waals surface area contributed by atoms with Crippen molar-refractivity contribution in [3.8, 4) is 11.6 Å². The molecule has 9 heteroatoms. The second-order valence-electron chi connectivity index (χ2n) is 7.51. The van der Waals surface area contributed by atoms with Crippen molar-refractivity contribution in [2.45, 2.75) is 25.8 Å². The highest BCUT2D eigenvalue weighted by molar-refractivity contribution is 6.35. The third kappa shape index (κ3) is 3.85. The number of anilines is 2. The second-order valence-corrected chi connectivity index (χ2v) is 7.92. The van der Waals surface area contributed by atoms with E-state index in [0.717, 1.165) is 0 Å². The molecule has 2 heterocycles. The number of nitrogens with one attached hydrogen (secondary N) is 1. The van der Waals surface area contributed by atoms with E-state index in [2.05, 4.69) is 15.3 Å². The molecule has 1 unspecified atom stereocenters. The number of nitrogens with two attached hydrogens (primary N) is 1. The highest BCUT2D eigenvalue weighted by Gasteiger charge is 2.32. The van der Waals surface area contributed by atoms with Crippen LogP contribution in [0.15, 0.2) is 59.4 Å². The summed E-state index contributed by atoms with van der Waals surface area (Å²) in [4.78, 5) is 26.9. The average Bonchev–Trinajstić information content (AvgIpc) is 2.79. The number of ether oxygens (including phenoxy) is 1. The fourth-order valence-electron chi connectivity index (χ4n) is 3.57. The molecule has 3 N–H and O–H groups in total. The Hall–Kier alpha value is -3.65. The zero-order chi connectivity index (χ0) is 22.9. The van der Waals surface area contributed by atoms with Gasteiger partial charge < -0.3 is 15.8 Å². The van der Waals surface area contributed by atoms with Crippen LogP contribution in [0, 0.1) is 0 Å². The number of halogens is 1. The number of benzene rings is 2. The fourth-order valence-corrected chi connectivity index (χ4v) is 3.82. The van der Waals surface area contributed by atoms with Gasteiger partial charge in [-0.3, -0.25) is 9.36 Å². The molecule has 2 aromatic carbocycles. The van der Waals surface area contributed by atoms with Gasteiger partial charge in [-0.05, 0) is 37.6 Å². The van der Waals surface area contributed by atoms with Gasteiger partial charge in [0, 0.05) is 6.07 Å². The van der Waals surface area contributed by atoms with Gasteiger partial charge in [0.15, 0.2) is 0 Å². The number of methoxy groups -OCH3 is 1. The van der Waals surface area contributed by atoms with E-state index in [0.29, 0.717) is 45.6 Å². The molecule has 4 rings (SSSR count). The Bertz CT molecular complexity index is 1340. The van der Waals surface area contributed by atoms with Crippen molar-refractivity contribution in [2.24, 2.45) is 0 Å². The maximum Gasteiger partial charge on any atom is 0.267 e. The minimum absolute atomic E-state index is 0.0732. The van der Waals surface area contributed by atoms with Gasteiger partial charge in [0.05, 0.1) is 34.3 Å². The SMILES string of the molecule is CCC(C)(Nc1cc(OC)nc(N)n1)c1nc2cccc(Cl)c2c(=O)n1-c1ccccc1. The molecule has 164 valence electrons. The Kier molecular flexibility index (Phi) is 5.71. The maximum atomic E-state index is 13.7. The van der Waals surface area contributed by atoms with Crippen molar-refractivity contribution in [3.63, 3.8) is 0 Å². The van der Waals surface area contributed by atoms with Crippen LogP contribution in [-0.2, 0) is 5.54 Å². The van der Waals surface area contributed by atoms with Crippen molar-refractivity contribution in [3.05, 3.63) is 75.8 Å². The van der Waals surface area contributed by atoms with Gasteiger partial charge in [-0.15, -0.1) is 0 Å². The molecule has 0 bridgehead atoms. The highest BCUT2D eigenvalue weighted by Crippen LogP contribution is 2.31. The lowest BCUT2D eigenvalue weighted by Crippen LogP contribution is -2.39. The minimum Gasteiger partial charge on any atom is -0.481 e. The van der Waals surface area contributed by atoms with Crippen molar-refractivity contribution in [1.82, 2.24) is 19.5 Å². The first-order valence-electron chi connectivity index (χ1n) is 10.1. The molecular weight excluding hydrogens is 428 g/mol. The minimum atomic E-state index is -0.794. The predicted molar refractivity (Wildman–Crippen MR) is 127 cm³/mol. The van der Waals surface area contributed by atoms with Crippen molar-refractivity contribution in [2.75, 3.05) is 18.2 Å². The summed E-state index contributed by atoms with van der Waals surface area (Å²) in [6.45, 7) is 3.95. The van der Waals surface area contributed by atoms with E-state index in [-0.39, 0.29) is 11.5 Å². The number of fused-ring (bicyclic) bond motifs is 1. The van der Waals surface area contributed by atoms with E-state index in [4.69, 9.17) is 27.1 Å². The lowest BCUT2D eigenvalue weighted by atomic mass is 9.96. The summed E-state index contributed by atoms with van der Waals surface area (Å²) in [7, 11) is 1.51. The van der Waals surface area contributed by atoms with Crippen LogP contribution >= 0.6 is 11.6 Å². The molecule has 4 aromatic rings. The van der Waals surface area contributed by atoms with E-state index >= 15 is 0 Å². The second kappa shape index (κ2) is 8.47. The normalized spacial score (nSPS) is 13.0. The van der Waals surface area contributed by atoms with Gasteiger partial charge in [-0.2, -0.15) is 9.97 Å². The van der Waals surface area contributed by atoms with Gasteiger partial charge >= 0.3 is 0 Å². The van der Waals surface area contributed by atoms with Crippen molar-refractivity contribution >= 4 is 34.3 Å². The van der Waals surface area contributed by atoms with E-state index in [1.165, 1.54) is 7.11 Å². The zero-order valence-electron chi connectivity index (χ0n) is 18.0. The molecule has 0 fully saturated rings. The summed E-state index contributed by atoms with van der Waals surface area (Å²) in [5.74, 6) is 1.38. The Morgan fingerprint density at radius 3 is 2.56 bits per heavy atom. The molecule has 0 aliphatic carbocycles. The van der Waals surface area contributed by atoms with Gasteiger partial charge in [0.2, 0.25) is 11.8 Å². The molecule has 1 atom stereocenters. The molecule has 0 aliphatic heterocycles.